The molecule has 4 rings (SSSR count). The fraction of sp³-hybridized carbons (Fsp3) is 0.300. The van der Waals surface area contributed by atoms with Gasteiger partial charge in [-0.25, -0.2) is 0 Å². The molecule has 2 heterocycles. The van der Waals surface area contributed by atoms with Crippen molar-refractivity contribution in [2.24, 2.45) is 0 Å². The maximum atomic E-state index is 12.9. The highest BCUT2D eigenvalue weighted by atomic mass is 32.2. The molecule has 0 saturated carbocycles. The van der Waals surface area contributed by atoms with Crippen LogP contribution in [-0.2, 0) is 14.5 Å². The summed E-state index contributed by atoms with van der Waals surface area (Å²) in [5, 5.41) is 3.01. The standard InChI is InChI=1S/C20H20N2O2S/c1-14-7-5-6-10-16(14)21-19(24)17-13-25-20(12-11-18(23)22(17)20)15-8-3-2-4-9-15/h2-10,17H,11-13H2,1H3,(H,21,24)/t17-,20+/m1/s1. The number of para-hydroxylation sites is 1. The lowest BCUT2D eigenvalue weighted by Crippen LogP contribution is -2.48. The van der Waals surface area contributed by atoms with Gasteiger partial charge in [-0.15, -0.1) is 11.8 Å². The molecule has 0 unspecified atom stereocenters. The number of carbonyl (C=O) groups excluding carboxylic acids is 2. The Labute approximate surface area is 151 Å². The minimum atomic E-state index is -0.431. The van der Waals surface area contributed by atoms with E-state index in [0.29, 0.717) is 12.2 Å². The lowest BCUT2D eigenvalue weighted by Gasteiger charge is -2.34. The van der Waals surface area contributed by atoms with E-state index in [1.165, 1.54) is 0 Å². The van der Waals surface area contributed by atoms with Gasteiger partial charge in [0, 0.05) is 17.9 Å². The topological polar surface area (TPSA) is 49.4 Å². The quantitative estimate of drug-likeness (QED) is 0.919. The summed E-state index contributed by atoms with van der Waals surface area (Å²) in [6.45, 7) is 1.97. The minimum absolute atomic E-state index is 0.0683. The number of nitrogens with zero attached hydrogens (tertiary/aromatic N) is 1. The number of carbonyl (C=O) groups is 2. The predicted molar refractivity (Wildman–Crippen MR) is 100 cm³/mol. The first-order chi connectivity index (χ1) is 12.1. The van der Waals surface area contributed by atoms with E-state index in [0.717, 1.165) is 23.2 Å². The first-order valence-electron chi connectivity index (χ1n) is 8.50. The van der Waals surface area contributed by atoms with Gasteiger partial charge < -0.3 is 10.2 Å². The molecule has 2 aromatic rings. The molecule has 25 heavy (non-hydrogen) atoms. The van der Waals surface area contributed by atoms with E-state index in [9.17, 15) is 9.59 Å². The molecule has 2 saturated heterocycles. The van der Waals surface area contributed by atoms with E-state index in [-0.39, 0.29) is 11.8 Å². The van der Waals surface area contributed by atoms with Gasteiger partial charge in [0.05, 0.1) is 0 Å². The number of rotatable bonds is 3. The summed E-state index contributed by atoms with van der Waals surface area (Å²) in [5.74, 6) is 0.590. The van der Waals surface area contributed by atoms with Crippen LogP contribution < -0.4 is 5.32 Å². The van der Waals surface area contributed by atoms with E-state index >= 15 is 0 Å². The number of benzene rings is 2. The van der Waals surface area contributed by atoms with Crippen molar-refractivity contribution in [3.05, 3.63) is 65.7 Å². The van der Waals surface area contributed by atoms with Gasteiger partial charge in [-0.3, -0.25) is 9.59 Å². The Morgan fingerprint density at radius 3 is 2.64 bits per heavy atom. The number of aryl methyl sites for hydroxylation is 1. The van der Waals surface area contributed by atoms with Crippen LogP contribution in [0.5, 0.6) is 0 Å². The van der Waals surface area contributed by atoms with Gasteiger partial charge >= 0.3 is 0 Å². The number of nitrogens with one attached hydrogen (secondary N) is 1. The molecular weight excluding hydrogens is 332 g/mol. The fourth-order valence-corrected chi connectivity index (χ4v) is 5.42. The Balaban J connectivity index is 1.63. The molecule has 2 aromatic carbocycles. The Hall–Kier alpha value is -2.27. The van der Waals surface area contributed by atoms with Crippen LogP contribution >= 0.6 is 11.8 Å². The summed E-state index contributed by atoms with van der Waals surface area (Å²) in [4.78, 5) is 26.9. The molecule has 0 aromatic heterocycles. The zero-order valence-corrected chi connectivity index (χ0v) is 14.9. The molecule has 0 radical (unpaired) electrons. The molecule has 2 fully saturated rings. The smallest absolute Gasteiger partial charge is 0.248 e. The Morgan fingerprint density at radius 1 is 1.16 bits per heavy atom. The van der Waals surface area contributed by atoms with Gasteiger partial charge in [0.1, 0.15) is 10.9 Å². The zero-order chi connectivity index (χ0) is 17.4. The first kappa shape index (κ1) is 16.2. The number of hydrogen-bond donors (Lipinski definition) is 1. The van der Waals surface area contributed by atoms with Crippen molar-refractivity contribution in [1.29, 1.82) is 0 Å². The summed E-state index contributed by atoms with van der Waals surface area (Å²) in [5.41, 5.74) is 2.93. The molecular formula is C20H20N2O2S. The maximum Gasteiger partial charge on any atom is 0.248 e. The summed E-state index contributed by atoms with van der Waals surface area (Å²) in [6.07, 6.45) is 1.25. The molecule has 2 aliphatic rings. The van der Waals surface area contributed by atoms with Gasteiger partial charge in [0.15, 0.2) is 0 Å². The average Bonchev–Trinajstić information content (AvgIpc) is 3.17. The number of hydrogen-bond acceptors (Lipinski definition) is 3. The van der Waals surface area contributed by atoms with E-state index in [1.54, 1.807) is 11.8 Å². The van der Waals surface area contributed by atoms with Crippen LogP contribution in [0.3, 0.4) is 0 Å². The monoisotopic (exact) mass is 352 g/mol. The lowest BCUT2D eigenvalue weighted by atomic mass is 10.0. The number of anilines is 1. The summed E-state index contributed by atoms with van der Waals surface area (Å²) >= 11 is 1.71. The molecule has 5 heteroatoms. The van der Waals surface area contributed by atoms with E-state index in [4.69, 9.17) is 0 Å². The van der Waals surface area contributed by atoms with Gasteiger partial charge in [0.2, 0.25) is 11.8 Å². The van der Waals surface area contributed by atoms with Crippen LogP contribution in [0.25, 0.3) is 0 Å². The second-order valence-corrected chi connectivity index (χ2v) is 7.84. The predicted octanol–water partition coefficient (Wildman–Crippen LogP) is 3.52. The Morgan fingerprint density at radius 2 is 1.88 bits per heavy atom. The summed E-state index contributed by atoms with van der Waals surface area (Å²) in [6, 6.07) is 17.4. The van der Waals surface area contributed by atoms with Gasteiger partial charge in [0.25, 0.3) is 0 Å². The fourth-order valence-electron chi connectivity index (χ4n) is 3.76. The molecule has 0 aliphatic carbocycles. The molecule has 0 spiro atoms. The van der Waals surface area contributed by atoms with Crippen molar-refractivity contribution in [3.63, 3.8) is 0 Å². The van der Waals surface area contributed by atoms with Crippen LogP contribution in [-0.4, -0.2) is 28.5 Å². The summed E-state index contributed by atoms with van der Waals surface area (Å²) in [7, 11) is 0. The number of fused-ring (bicyclic) bond motifs is 1. The molecule has 4 nitrogen and oxygen atoms in total. The van der Waals surface area contributed by atoms with Crippen molar-refractivity contribution in [3.8, 4) is 0 Å². The normalized spacial score (nSPS) is 25.1. The molecule has 0 bridgehead atoms. The third-order valence-electron chi connectivity index (χ3n) is 5.06. The third kappa shape index (κ3) is 2.63. The second kappa shape index (κ2) is 6.23. The highest BCUT2D eigenvalue weighted by molar-refractivity contribution is 8.00. The summed E-state index contributed by atoms with van der Waals surface area (Å²) < 4.78 is 0. The van der Waals surface area contributed by atoms with Crippen molar-refractivity contribution >= 4 is 29.3 Å². The van der Waals surface area contributed by atoms with Gasteiger partial charge in [-0.2, -0.15) is 0 Å². The van der Waals surface area contributed by atoms with E-state index < -0.39 is 10.9 Å². The van der Waals surface area contributed by atoms with Crippen LogP contribution in [0, 0.1) is 6.92 Å². The number of amides is 2. The first-order valence-corrected chi connectivity index (χ1v) is 9.48. The second-order valence-electron chi connectivity index (χ2n) is 6.55. The maximum absolute atomic E-state index is 12.9. The highest BCUT2D eigenvalue weighted by Crippen LogP contribution is 2.54. The molecule has 2 aliphatic heterocycles. The molecule has 128 valence electrons. The van der Waals surface area contributed by atoms with Crippen LogP contribution in [0.4, 0.5) is 5.69 Å². The van der Waals surface area contributed by atoms with Crippen LogP contribution in [0.15, 0.2) is 54.6 Å². The third-order valence-corrected chi connectivity index (χ3v) is 6.65. The largest absolute Gasteiger partial charge is 0.324 e. The zero-order valence-electron chi connectivity index (χ0n) is 14.1. The van der Waals surface area contributed by atoms with Crippen LogP contribution in [0.1, 0.15) is 24.0 Å². The van der Waals surface area contributed by atoms with Crippen molar-refractivity contribution in [1.82, 2.24) is 4.90 Å². The van der Waals surface area contributed by atoms with Gasteiger partial charge in [-0.05, 0) is 30.5 Å². The van der Waals surface area contributed by atoms with Gasteiger partial charge in [-0.1, -0.05) is 48.5 Å². The molecule has 2 amide bonds. The van der Waals surface area contributed by atoms with Crippen LogP contribution in [0.2, 0.25) is 0 Å². The minimum Gasteiger partial charge on any atom is -0.324 e. The van der Waals surface area contributed by atoms with E-state index in [1.807, 2.05) is 54.3 Å². The molecule has 1 N–H and O–H groups in total. The Kier molecular flexibility index (Phi) is 4.04. The SMILES string of the molecule is Cc1ccccc1NC(=O)[C@H]1CS[C@]2(c3ccccc3)CCC(=O)N12. The van der Waals surface area contributed by atoms with Crippen molar-refractivity contribution < 1.29 is 9.59 Å². The lowest BCUT2D eigenvalue weighted by molar-refractivity contribution is -0.136. The molecule has 2 atom stereocenters. The Bertz CT molecular complexity index is 823. The van der Waals surface area contributed by atoms with Crippen molar-refractivity contribution in [2.45, 2.75) is 30.7 Å². The van der Waals surface area contributed by atoms with E-state index in [2.05, 4.69) is 17.4 Å². The average molecular weight is 352 g/mol. The number of thioether (sulfide) groups is 1. The highest BCUT2D eigenvalue weighted by Gasteiger charge is 2.56. The van der Waals surface area contributed by atoms with Crippen molar-refractivity contribution in [2.75, 3.05) is 11.1 Å².